The Labute approximate surface area is 186 Å². The Morgan fingerprint density at radius 2 is 1.83 bits per heavy atom. The maximum atomic E-state index is 12.5. The number of halogens is 2. The number of ether oxygens (including phenoxy) is 1. The molecule has 0 aliphatic heterocycles. The number of aryl methyl sites for hydroxylation is 1. The van der Waals surface area contributed by atoms with Gasteiger partial charge in [0.15, 0.2) is 12.4 Å². The number of hydrogen-bond acceptors (Lipinski definition) is 5. The number of fused-ring (bicyclic) bond motifs is 1. The van der Waals surface area contributed by atoms with E-state index >= 15 is 0 Å². The molecule has 2 aromatic heterocycles. The van der Waals surface area contributed by atoms with Gasteiger partial charge in [0.1, 0.15) is 9.71 Å². The van der Waals surface area contributed by atoms with Crippen molar-refractivity contribution in [3.05, 3.63) is 86.3 Å². The Kier molecular flexibility index (Phi) is 5.90. The van der Waals surface area contributed by atoms with E-state index in [-0.39, 0.29) is 12.4 Å². The van der Waals surface area contributed by atoms with Crippen LogP contribution in [0.4, 0.5) is 0 Å². The van der Waals surface area contributed by atoms with E-state index in [0.717, 1.165) is 21.5 Å². The molecule has 2 aromatic carbocycles. The Hall–Kier alpha value is -2.67. The molecule has 0 amide bonds. The summed E-state index contributed by atoms with van der Waals surface area (Å²) in [5.74, 6) is -0.829. The third-order valence-corrected chi connectivity index (χ3v) is 6.34. The molecule has 2 heterocycles. The molecule has 0 unspecified atom stereocenters. The van der Waals surface area contributed by atoms with Crippen LogP contribution < -0.4 is 0 Å². The number of ketones is 1. The first-order valence-corrected chi connectivity index (χ1v) is 10.7. The van der Waals surface area contributed by atoms with Crippen molar-refractivity contribution in [2.24, 2.45) is 0 Å². The standard InChI is InChI=1S/C22H16Cl2N2O3S/c1-13-17-10-20(22(28)29-12-19(27)14-6-8-16(23)9-7-14)30-21(17)26(25-13)11-15-4-2-3-5-18(15)24/h2-10H,11-12H2,1H3. The number of Topliss-reactive ketones (excluding diaryl/α,β-unsaturated/α-hetero) is 1. The van der Waals surface area contributed by atoms with Crippen LogP contribution in [0.3, 0.4) is 0 Å². The molecule has 0 saturated heterocycles. The topological polar surface area (TPSA) is 61.2 Å². The van der Waals surface area contributed by atoms with Crippen LogP contribution in [0.25, 0.3) is 10.2 Å². The molecule has 0 aliphatic carbocycles. The number of benzene rings is 2. The molecule has 0 N–H and O–H groups in total. The molecule has 0 bridgehead atoms. The number of esters is 1. The Bertz CT molecular complexity index is 1250. The van der Waals surface area contributed by atoms with Crippen molar-refractivity contribution in [2.75, 3.05) is 6.61 Å². The van der Waals surface area contributed by atoms with E-state index in [1.807, 2.05) is 35.9 Å². The molecule has 0 fully saturated rings. The lowest BCUT2D eigenvalue weighted by atomic mass is 10.1. The van der Waals surface area contributed by atoms with Crippen LogP contribution >= 0.6 is 34.5 Å². The van der Waals surface area contributed by atoms with Gasteiger partial charge in [0, 0.05) is 21.0 Å². The van der Waals surface area contributed by atoms with Gasteiger partial charge in [0.05, 0.1) is 12.2 Å². The molecule has 4 rings (SSSR count). The SMILES string of the molecule is Cc1nn(Cc2ccccc2Cl)c2sc(C(=O)OCC(=O)c3ccc(Cl)cc3)cc12. The summed E-state index contributed by atoms with van der Waals surface area (Å²) < 4.78 is 7.05. The van der Waals surface area contributed by atoms with Gasteiger partial charge in [-0.05, 0) is 48.9 Å². The van der Waals surface area contributed by atoms with E-state index in [1.165, 1.54) is 11.3 Å². The quantitative estimate of drug-likeness (QED) is 0.270. The summed E-state index contributed by atoms with van der Waals surface area (Å²) in [6, 6.07) is 15.8. The fourth-order valence-corrected chi connectivity index (χ4v) is 4.41. The predicted octanol–water partition coefficient (Wildman–Crippen LogP) is 5.80. The fourth-order valence-electron chi connectivity index (χ4n) is 3.03. The van der Waals surface area contributed by atoms with Gasteiger partial charge in [-0.25, -0.2) is 4.79 Å². The first-order valence-electron chi connectivity index (χ1n) is 9.08. The second-order valence-electron chi connectivity index (χ2n) is 6.67. The minimum Gasteiger partial charge on any atom is -0.453 e. The minimum absolute atomic E-state index is 0.290. The maximum Gasteiger partial charge on any atom is 0.348 e. The molecule has 0 saturated carbocycles. The van der Waals surface area contributed by atoms with Crippen molar-refractivity contribution < 1.29 is 14.3 Å². The van der Waals surface area contributed by atoms with E-state index in [1.54, 1.807) is 30.3 Å². The Morgan fingerprint density at radius 3 is 2.57 bits per heavy atom. The number of carbonyl (C=O) groups excluding carboxylic acids is 2. The van der Waals surface area contributed by atoms with Crippen LogP contribution in [0, 0.1) is 6.92 Å². The zero-order chi connectivity index (χ0) is 21.3. The van der Waals surface area contributed by atoms with Gasteiger partial charge in [-0.3, -0.25) is 9.48 Å². The summed E-state index contributed by atoms with van der Waals surface area (Å²) in [7, 11) is 0. The van der Waals surface area contributed by atoms with Crippen LogP contribution in [0.2, 0.25) is 10.0 Å². The summed E-state index contributed by atoms with van der Waals surface area (Å²) in [6.45, 7) is 2.05. The third kappa shape index (κ3) is 4.26. The minimum atomic E-state index is -0.540. The molecule has 4 aromatic rings. The zero-order valence-corrected chi connectivity index (χ0v) is 18.2. The van der Waals surface area contributed by atoms with Crippen molar-refractivity contribution in [1.82, 2.24) is 9.78 Å². The summed E-state index contributed by atoms with van der Waals surface area (Å²) in [6.07, 6.45) is 0. The number of rotatable bonds is 6. The van der Waals surface area contributed by atoms with E-state index < -0.39 is 5.97 Å². The molecular weight excluding hydrogens is 443 g/mol. The molecular formula is C22H16Cl2N2O3S. The number of carbonyl (C=O) groups is 2. The second kappa shape index (κ2) is 8.60. The van der Waals surface area contributed by atoms with Gasteiger partial charge in [-0.15, -0.1) is 11.3 Å². The molecule has 30 heavy (non-hydrogen) atoms. The predicted molar refractivity (Wildman–Crippen MR) is 119 cm³/mol. The van der Waals surface area contributed by atoms with Gasteiger partial charge < -0.3 is 4.74 Å². The normalized spacial score (nSPS) is 11.0. The van der Waals surface area contributed by atoms with E-state index in [2.05, 4.69) is 5.10 Å². The van der Waals surface area contributed by atoms with Crippen molar-refractivity contribution in [2.45, 2.75) is 13.5 Å². The van der Waals surface area contributed by atoms with Gasteiger partial charge in [-0.1, -0.05) is 41.4 Å². The maximum absolute atomic E-state index is 12.5. The highest BCUT2D eigenvalue weighted by Crippen LogP contribution is 2.30. The second-order valence-corrected chi connectivity index (χ2v) is 8.54. The van der Waals surface area contributed by atoms with Gasteiger partial charge in [-0.2, -0.15) is 5.10 Å². The number of thiophene rings is 1. The first-order chi connectivity index (χ1) is 14.4. The molecule has 0 atom stereocenters. The van der Waals surface area contributed by atoms with Crippen molar-refractivity contribution in [3.8, 4) is 0 Å². The summed E-state index contributed by atoms with van der Waals surface area (Å²) in [4.78, 5) is 26.0. The van der Waals surface area contributed by atoms with Crippen LogP contribution in [-0.4, -0.2) is 28.1 Å². The van der Waals surface area contributed by atoms with Crippen LogP contribution in [0.1, 0.15) is 31.3 Å². The average molecular weight is 459 g/mol. The van der Waals surface area contributed by atoms with Crippen LogP contribution in [0.5, 0.6) is 0 Å². The number of hydrogen-bond donors (Lipinski definition) is 0. The lowest BCUT2D eigenvalue weighted by Gasteiger charge is -2.05. The van der Waals surface area contributed by atoms with Crippen molar-refractivity contribution in [1.29, 1.82) is 0 Å². The lowest BCUT2D eigenvalue weighted by molar-refractivity contribution is 0.0479. The molecule has 0 radical (unpaired) electrons. The Balaban J connectivity index is 1.50. The largest absolute Gasteiger partial charge is 0.453 e. The third-order valence-electron chi connectivity index (χ3n) is 4.59. The molecule has 0 aliphatic rings. The van der Waals surface area contributed by atoms with Gasteiger partial charge in [0.25, 0.3) is 0 Å². The molecule has 8 heteroatoms. The Morgan fingerprint density at radius 1 is 1.10 bits per heavy atom. The summed E-state index contributed by atoms with van der Waals surface area (Å²) >= 11 is 13.4. The lowest BCUT2D eigenvalue weighted by Crippen LogP contribution is -2.13. The molecule has 0 spiro atoms. The zero-order valence-electron chi connectivity index (χ0n) is 15.9. The van der Waals surface area contributed by atoms with E-state index in [0.29, 0.717) is 27.0 Å². The molecule has 152 valence electrons. The smallest absolute Gasteiger partial charge is 0.348 e. The summed E-state index contributed by atoms with van der Waals surface area (Å²) in [5, 5.41) is 6.64. The van der Waals surface area contributed by atoms with Gasteiger partial charge >= 0.3 is 5.97 Å². The highest BCUT2D eigenvalue weighted by atomic mass is 35.5. The highest BCUT2D eigenvalue weighted by Gasteiger charge is 2.19. The summed E-state index contributed by atoms with van der Waals surface area (Å²) in [5.41, 5.74) is 2.19. The fraction of sp³-hybridized carbons (Fsp3) is 0.136. The monoisotopic (exact) mass is 458 g/mol. The van der Waals surface area contributed by atoms with Crippen molar-refractivity contribution in [3.63, 3.8) is 0 Å². The van der Waals surface area contributed by atoms with Crippen molar-refractivity contribution >= 4 is 56.5 Å². The molecule has 5 nitrogen and oxygen atoms in total. The number of nitrogens with zero attached hydrogens (tertiary/aromatic N) is 2. The van der Waals surface area contributed by atoms with E-state index in [9.17, 15) is 9.59 Å². The first kappa shape index (κ1) is 20.6. The number of aromatic nitrogens is 2. The highest BCUT2D eigenvalue weighted by molar-refractivity contribution is 7.20. The average Bonchev–Trinajstić information content (AvgIpc) is 3.29. The van der Waals surface area contributed by atoms with Crippen LogP contribution in [-0.2, 0) is 11.3 Å². The van der Waals surface area contributed by atoms with Crippen LogP contribution in [0.15, 0.2) is 54.6 Å². The van der Waals surface area contributed by atoms with Gasteiger partial charge in [0.2, 0.25) is 0 Å². The van der Waals surface area contributed by atoms with E-state index in [4.69, 9.17) is 27.9 Å².